The molecule has 4 heteroatoms. The van der Waals surface area contributed by atoms with E-state index in [4.69, 9.17) is 4.74 Å². The molecule has 3 aromatic rings. The van der Waals surface area contributed by atoms with Crippen molar-refractivity contribution in [3.05, 3.63) is 83.0 Å². The fourth-order valence-electron chi connectivity index (χ4n) is 6.00. The third-order valence-electron chi connectivity index (χ3n) is 7.44. The first-order valence-corrected chi connectivity index (χ1v) is 11.6. The van der Waals surface area contributed by atoms with Crippen molar-refractivity contribution in [1.29, 1.82) is 0 Å². The third-order valence-corrected chi connectivity index (χ3v) is 8.21. The number of aromatic nitrogens is 1. The van der Waals surface area contributed by atoms with Crippen molar-refractivity contribution in [1.82, 2.24) is 4.98 Å². The molecule has 3 heterocycles. The van der Waals surface area contributed by atoms with Crippen molar-refractivity contribution in [2.75, 3.05) is 20.2 Å². The predicted octanol–water partition coefficient (Wildman–Crippen LogP) is 5.77. The van der Waals surface area contributed by atoms with Gasteiger partial charge in [0.05, 0.1) is 31.8 Å². The minimum absolute atomic E-state index is 0.598. The first kappa shape index (κ1) is 19.8. The van der Waals surface area contributed by atoms with Crippen molar-refractivity contribution in [2.24, 2.45) is 11.8 Å². The second kappa shape index (κ2) is 7.82. The average molecular weight is 464 g/mol. The van der Waals surface area contributed by atoms with Crippen molar-refractivity contribution in [3.8, 4) is 5.75 Å². The molecule has 2 fully saturated rings. The first-order valence-electron chi connectivity index (χ1n) is 10.8. The molecule has 0 radical (unpaired) electrons. The molecule has 1 aromatic heterocycles. The standard InChI is InChI=1S/C26H28BrN2O/c1-3-18-16-29(17-20-14-21(30-2)8-9-24(20)27)13-11-23(18)26(29)15-19-10-12-28-25-7-5-4-6-22(19)25/h3-10,12,14,18,23,26H,1,11,13,15-17H2,2H3/q+1. The van der Waals surface area contributed by atoms with E-state index in [-0.39, 0.29) is 0 Å². The summed E-state index contributed by atoms with van der Waals surface area (Å²) in [5.74, 6) is 2.23. The molecule has 2 aliphatic heterocycles. The lowest BCUT2D eigenvalue weighted by atomic mass is 9.86. The summed E-state index contributed by atoms with van der Waals surface area (Å²) in [5.41, 5.74) is 3.86. The van der Waals surface area contributed by atoms with Gasteiger partial charge in [0.2, 0.25) is 0 Å². The number of para-hydroxylation sites is 1. The van der Waals surface area contributed by atoms with Crippen LogP contribution < -0.4 is 4.74 Å². The van der Waals surface area contributed by atoms with Crippen molar-refractivity contribution >= 4 is 26.8 Å². The number of halogens is 1. The molecule has 154 valence electrons. The number of ether oxygens (including phenoxy) is 1. The Kier molecular flexibility index (Phi) is 5.16. The Morgan fingerprint density at radius 1 is 1.20 bits per heavy atom. The Morgan fingerprint density at radius 3 is 2.90 bits per heavy atom. The summed E-state index contributed by atoms with van der Waals surface area (Å²) in [5, 5.41) is 1.29. The number of methoxy groups -OCH3 is 1. The van der Waals surface area contributed by atoms with Crippen molar-refractivity contribution in [2.45, 2.75) is 25.4 Å². The van der Waals surface area contributed by atoms with Gasteiger partial charge >= 0.3 is 0 Å². The van der Waals surface area contributed by atoms with Gasteiger partial charge in [0.1, 0.15) is 12.3 Å². The number of piperidine rings is 1. The number of nitrogens with zero attached hydrogens (tertiary/aromatic N) is 2. The average Bonchev–Trinajstić information content (AvgIpc) is 3.26. The second-order valence-corrected chi connectivity index (χ2v) is 9.71. The summed E-state index contributed by atoms with van der Waals surface area (Å²) in [6, 6.07) is 17.7. The minimum Gasteiger partial charge on any atom is -0.497 e. The van der Waals surface area contributed by atoms with Gasteiger partial charge in [0.15, 0.2) is 0 Å². The highest BCUT2D eigenvalue weighted by molar-refractivity contribution is 9.10. The van der Waals surface area contributed by atoms with E-state index < -0.39 is 0 Å². The maximum atomic E-state index is 5.51. The van der Waals surface area contributed by atoms with E-state index >= 15 is 0 Å². The van der Waals surface area contributed by atoms with E-state index in [0.29, 0.717) is 17.9 Å². The van der Waals surface area contributed by atoms with Crippen LogP contribution in [0.25, 0.3) is 10.9 Å². The number of fused-ring (bicyclic) bond motifs is 3. The molecule has 5 rings (SSSR count). The van der Waals surface area contributed by atoms with E-state index in [0.717, 1.165) is 28.7 Å². The van der Waals surface area contributed by atoms with Crippen LogP contribution in [0.15, 0.2) is 71.9 Å². The van der Waals surface area contributed by atoms with Gasteiger partial charge in [-0.15, -0.1) is 6.58 Å². The summed E-state index contributed by atoms with van der Waals surface area (Å²) in [6.45, 7) is 7.65. The molecule has 2 bridgehead atoms. The number of quaternary nitrogens is 1. The Balaban J connectivity index is 1.52. The lowest BCUT2D eigenvalue weighted by Crippen LogP contribution is -2.50. The maximum Gasteiger partial charge on any atom is 0.119 e. The van der Waals surface area contributed by atoms with E-state index in [1.165, 1.54) is 40.5 Å². The van der Waals surface area contributed by atoms with Crippen LogP contribution in [0.2, 0.25) is 0 Å². The summed E-state index contributed by atoms with van der Waals surface area (Å²) < 4.78 is 7.83. The van der Waals surface area contributed by atoms with E-state index in [9.17, 15) is 0 Å². The molecular formula is C26H28BrN2O+. The molecular weight excluding hydrogens is 436 g/mol. The zero-order chi connectivity index (χ0) is 20.7. The fourth-order valence-corrected chi connectivity index (χ4v) is 6.38. The highest BCUT2D eigenvalue weighted by atomic mass is 79.9. The van der Waals surface area contributed by atoms with Crippen LogP contribution in [-0.2, 0) is 13.0 Å². The van der Waals surface area contributed by atoms with E-state index in [2.05, 4.69) is 76.0 Å². The molecule has 0 N–H and O–H groups in total. The Labute approximate surface area is 187 Å². The Morgan fingerprint density at radius 2 is 2.07 bits per heavy atom. The van der Waals surface area contributed by atoms with Gasteiger partial charge in [-0.2, -0.15) is 0 Å². The van der Waals surface area contributed by atoms with Gasteiger partial charge in [-0.05, 0) is 35.9 Å². The van der Waals surface area contributed by atoms with E-state index in [1.807, 2.05) is 12.3 Å². The topological polar surface area (TPSA) is 22.1 Å². The number of rotatable bonds is 6. The maximum absolute atomic E-state index is 5.51. The molecule has 3 nitrogen and oxygen atoms in total. The predicted molar refractivity (Wildman–Crippen MR) is 125 cm³/mol. The lowest BCUT2D eigenvalue weighted by molar-refractivity contribution is -0.944. The SMILES string of the molecule is C=CC1C[N+]2(Cc3cc(OC)ccc3Br)CCC1C2Cc1ccnc2ccccc12. The van der Waals surface area contributed by atoms with E-state index in [1.54, 1.807) is 7.11 Å². The molecule has 0 saturated carbocycles. The van der Waals surface area contributed by atoms with Gasteiger partial charge in [-0.3, -0.25) is 4.98 Å². The summed E-state index contributed by atoms with van der Waals surface area (Å²) >= 11 is 3.79. The van der Waals surface area contributed by atoms with Gasteiger partial charge in [-0.25, -0.2) is 0 Å². The van der Waals surface area contributed by atoms with Gasteiger partial charge in [0.25, 0.3) is 0 Å². The van der Waals surface area contributed by atoms with Crippen molar-refractivity contribution < 1.29 is 9.22 Å². The monoisotopic (exact) mass is 463 g/mol. The molecule has 0 spiro atoms. The zero-order valence-electron chi connectivity index (χ0n) is 17.4. The molecule has 2 aromatic carbocycles. The largest absolute Gasteiger partial charge is 0.497 e. The van der Waals surface area contributed by atoms with Crippen LogP contribution in [0, 0.1) is 11.8 Å². The first-order chi connectivity index (χ1) is 14.6. The molecule has 4 unspecified atom stereocenters. The molecule has 0 amide bonds. The molecule has 30 heavy (non-hydrogen) atoms. The van der Waals surface area contributed by atoms with Crippen LogP contribution in [0.1, 0.15) is 17.5 Å². The van der Waals surface area contributed by atoms with Gasteiger partial charge < -0.3 is 9.22 Å². The number of hydrogen-bond acceptors (Lipinski definition) is 2. The quantitative estimate of drug-likeness (QED) is 0.341. The third kappa shape index (κ3) is 3.27. The zero-order valence-corrected chi connectivity index (χ0v) is 19.0. The lowest BCUT2D eigenvalue weighted by Gasteiger charge is -2.38. The van der Waals surface area contributed by atoms with Gasteiger partial charge in [-0.1, -0.05) is 40.2 Å². The van der Waals surface area contributed by atoms with Crippen molar-refractivity contribution in [3.63, 3.8) is 0 Å². The Bertz CT molecular complexity index is 1090. The number of hydrogen-bond donors (Lipinski definition) is 0. The molecule has 0 aliphatic carbocycles. The van der Waals surface area contributed by atoms with Crippen LogP contribution in [0.3, 0.4) is 0 Å². The highest BCUT2D eigenvalue weighted by Gasteiger charge is 2.57. The van der Waals surface area contributed by atoms with Crippen LogP contribution >= 0.6 is 15.9 Å². The summed E-state index contributed by atoms with van der Waals surface area (Å²) in [7, 11) is 1.74. The normalized spacial score (nSPS) is 27.5. The smallest absolute Gasteiger partial charge is 0.119 e. The minimum atomic E-state index is 0.598. The summed E-state index contributed by atoms with van der Waals surface area (Å²) in [6.07, 6.45) is 6.56. The molecule has 2 aliphatic rings. The Hall–Kier alpha value is -2.17. The highest BCUT2D eigenvalue weighted by Crippen LogP contribution is 2.49. The van der Waals surface area contributed by atoms with Crippen LogP contribution in [-0.4, -0.2) is 35.7 Å². The van der Waals surface area contributed by atoms with Crippen LogP contribution in [0.4, 0.5) is 0 Å². The number of pyridine rings is 1. The summed E-state index contributed by atoms with van der Waals surface area (Å²) in [4.78, 5) is 4.58. The molecule has 4 atom stereocenters. The number of benzene rings is 2. The second-order valence-electron chi connectivity index (χ2n) is 8.85. The molecule has 2 saturated heterocycles. The fraction of sp³-hybridized carbons (Fsp3) is 0.346. The van der Waals surface area contributed by atoms with Gasteiger partial charge in [0, 0.05) is 46.3 Å². The van der Waals surface area contributed by atoms with Crippen LogP contribution in [0.5, 0.6) is 5.75 Å².